The van der Waals surface area contributed by atoms with E-state index in [1.807, 2.05) is 20.8 Å². The van der Waals surface area contributed by atoms with Crippen LogP contribution in [0.5, 0.6) is 0 Å². The zero-order valence-corrected chi connectivity index (χ0v) is 82.0. The minimum absolute atomic E-state index is 0.0640. The van der Waals surface area contributed by atoms with Crippen LogP contribution in [0.4, 0.5) is 0 Å². The van der Waals surface area contributed by atoms with E-state index >= 15 is 9.59 Å². The molecule has 0 spiro atoms. The fourth-order valence-corrected chi connectivity index (χ4v) is 24.3. The molecule has 0 amide bonds. The number of aliphatic hydroxyl groups is 26. The summed E-state index contributed by atoms with van der Waals surface area (Å²) < 4.78 is 110. The second-order valence-corrected chi connectivity index (χ2v) is 43.4. The molecule has 0 radical (unpaired) electrons. The normalized spacial score (nSPS) is 48.2. The Morgan fingerprint density at radius 1 is 0.448 bits per heavy atom. The Morgan fingerprint density at radius 2 is 0.909 bits per heavy atom. The van der Waals surface area contributed by atoms with Gasteiger partial charge >= 0.3 is 17.9 Å². The molecule has 1 unspecified atom stereocenters. The number of hydrogen-bond donors (Lipinski definition) is 26. The fourth-order valence-electron chi connectivity index (χ4n) is 24.3. The van der Waals surface area contributed by atoms with Gasteiger partial charge in [0.2, 0.25) is 6.29 Å². The van der Waals surface area contributed by atoms with Crippen molar-refractivity contribution in [2.75, 3.05) is 52.9 Å². The van der Waals surface area contributed by atoms with Gasteiger partial charge in [0.25, 0.3) is 0 Å². The van der Waals surface area contributed by atoms with Crippen molar-refractivity contribution in [2.45, 2.75) is 416 Å². The summed E-state index contributed by atoms with van der Waals surface area (Å²) in [6, 6.07) is 0. The van der Waals surface area contributed by atoms with Gasteiger partial charge in [0.15, 0.2) is 56.2 Å². The average molecular weight is 2060 g/mol. The molecule has 0 bridgehead atoms. The Labute approximate surface area is 826 Å². The zero-order chi connectivity index (χ0) is 105. The van der Waals surface area contributed by atoms with Gasteiger partial charge in [-0.25, -0.2) is 9.59 Å². The summed E-state index contributed by atoms with van der Waals surface area (Å²) in [7, 11) is 0. The molecule has 4 saturated carbocycles. The van der Waals surface area contributed by atoms with E-state index in [0.29, 0.717) is 31.3 Å². The van der Waals surface area contributed by atoms with Crippen molar-refractivity contribution in [3.8, 4) is 0 Å². The summed E-state index contributed by atoms with van der Waals surface area (Å²) in [6.45, 7) is 20.7. The average Bonchev–Trinajstić information content (AvgIpc) is 1.15. The van der Waals surface area contributed by atoms with Crippen LogP contribution in [0.3, 0.4) is 0 Å². The molecule has 0 aromatic heterocycles. The maximum atomic E-state index is 16.9. The second-order valence-electron chi connectivity index (χ2n) is 43.4. The number of ether oxygens (including phenoxy) is 18. The van der Waals surface area contributed by atoms with Gasteiger partial charge in [-0.15, -0.1) is 13.2 Å². The molecule has 8 aliphatic heterocycles. The summed E-state index contributed by atoms with van der Waals surface area (Å²) in [4.78, 5) is 45.3. The predicted octanol–water partition coefficient (Wildman–Crippen LogP) is -7.09. The zero-order valence-electron chi connectivity index (χ0n) is 82.0. The third-order valence-corrected chi connectivity index (χ3v) is 33.6. The highest BCUT2D eigenvalue weighted by molar-refractivity contribution is 5.89. The first-order chi connectivity index (χ1) is 67.1. The summed E-state index contributed by atoms with van der Waals surface area (Å²) in [5, 5.41) is 290. The Balaban J connectivity index is 0.802. The monoisotopic (exact) mass is 2060 g/mol. The molecule has 50 atom stereocenters. The van der Waals surface area contributed by atoms with Crippen LogP contribution in [-0.2, 0) is 99.6 Å². The van der Waals surface area contributed by atoms with Crippen molar-refractivity contribution in [1.82, 2.24) is 0 Å². The first-order valence-electron chi connectivity index (χ1n) is 49.2. The molecule has 8 saturated heterocycles. The van der Waals surface area contributed by atoms with Crippen molar-refractivity contribution < 1.29 is 232 Å². The van der Waals surface area contributed by atoms with Gasteiger partial charge in [-0.05, 0) is 138 Å². The number of aliphatic hydroxyl groups excluding tert-OH is 25. The Bertz CT molecular complexity index is 4370. The molecule has 26 N–H and O–H groups in total. The summed E-state index contributed by atoms with van der Waals surface area (Å²) >= 11 is 0. The van der Waals surface area contributed by atoms with E-state index < -0.39 is 379 Å². The van der Waals surface area contributed by atoms with Gasteiger partial charge in [0.05, 0.1) is 99.6 Å². The lowest BCUT2D eigenvalue weighted by molar-refractivity contribution is -0.390. The van der Waals surface area contributed by atoms with E-state index in [2.05, 4.69) is 33.1 Å². The molecule has 5 aliphatic carbocycles. The standard InChI is InChI=1S/C96H152O47/c1-14-91(9,125)24-16-18-42(32-98)79(123)137-73-39(3)129-85(71(120)66(73)115)143-92(10,15-2)25-17-19-41(31-97)78(122)135-55-30-96(88(124)142-87-77(64(113)59(108)48(35-101)133-87)141-84-72(121)75(139-82-69(118)62(111)57(106)46(33-99)130-82)74(40(4)128-84)138-81-68(117)60(109)49(36-102)132-81)44(28-89(55,5)6)43-20-21-52-93(11)26-23-54(90(7,8)51(93)22-27-94(52,12)95(43,13)29-53(96)104)136-86-76(140-83-70(119)63(112)58(107)47(34-100)131-83)65(114)61(110)50(134-86)38-127-80-67(116)56(105)45(103)37-126-80/h14-15,18-20,39-40,44-77,80-87,97-121,125H,1-2,16-17,21-38H2,3-13H3/b41-19+,42-18+/t39-,40+,44+,45+,46-,47-,48-,49+,50-,51+,52-,53-,54+,55+,56+,57-,58-,59-,60+,61-,62+,63+,64+,65+,66-,67-,68-,69-,70-,71-,72-,73-,74+,75+,76-,77-,80+,81-,82+,83+,84+,85+,86+,87+,91?,92+,93+,94-,95-,96-/m1/s1. The lowest BCUT2D eigenvalue weighted by Crippen LogP contribution is -2.70. The molecular formula is C96H152O47. The van der Waals surface area contributed by atoms with Crippen molar-refractivity contribution >= 4 is 17.9 Å². The highest BCUT2D eigenvalue weighted by Gasteiger charge is 2.74. The first kappa shape index (κ1) is 116. The minimum Gasteiger partial charge on any atom is -0.458 e. The molecule has 13 rings (SSSR count). The van der Waals surface area contributed by atoms with Gasteiger partial charge in [-0.3, -0.25) is 4.79 Å². The number of rotatable bonds is 35. The molecule has 0 aromatic rings. The smallest absolute Gasteiger partial charge is 0.336 e. The maximum Gasteiger partial charge on any atom is 0.336 e. The van der Waals surface area contributed by atoms with E-state index in [1.54, 1.807) is 20.8 Å². The van der Waals surface area contributed by atoms with Crippen molar-refractivity contribution in [3.63, 3.8) is 0 Å². The van der Waals surface area contributed by atoms with Crippen LogP contribution in [0.25, 0.3) is 0 Å². The van der Waals surface area contributed by atoms with Gasteiger partial charge in [0.1, 0.15) is 170 Å². The molecule has 13 aliphatic rings. The molecule has 143 heavy (non-hydrogen) atoms. The van der Waals surface area contributed by atoms with E-state index in [0.717, 1.165) is 0 Å². The van der Waals surface area contributed by atoms with Crippen molar-refractivity contribution in [2.24, 2.45) is 50.2 Å². The maximum absolute atomic E-state index is 16.9. The van der Waals surface area contributed by atoms with E-state index in [1.165, 1.54) is 45.1 Å². The van der Waals surface area contributed by atoms with E-state index in [-0.39, 0.29) is 67.9 Å². The van der Waals surface area contributed by atoms with Crippen LogP contribution in [0.1, 0.15) is 153 Å². The Morgan fingerprint density at radius 3 is 1.46 bits per heavy atom. The van der Waals surface area contributed by atoms with Gasteiger partial charge in [-0.1, -0.05) is 84.4 Å². The topological polar surface area (TPSA) is 743 Å². The third kappa shape index (κ3) is 22.4. The number of esters is 3. The minimum atomic E-state index is -2.31. The first-order valence-corrected chi connectivity index (χ1v) is 49.2. The Hall–Kier alpha value is -4.53. The van der Waals surface area contributed by atoms with E-state index in [4.69, 9.17) is 85.3 Å². The van der Waals surface area contributed by atoms with Crippen molar-refractivity contribution in [1.29, 1.82) is 0 Å². The number of hydrogen-bond acceptors (Lipinski definition) is 47. The number of fused-ring (bicyclic) bond motifs is 7. The fraction of sp³-hybridized carbons (Fsp3) is 0.865. The molecule has 818 valence electrons. The van der Waals surface area contributed by atoms with Crippen LogP contribution in [0, 0.1) is 50.2 Å². The summed E-state index contributed by atoms with van der Waals surface area (Å²) in [5.41, 5.74) is -9.43. The highest BCUT2D eigenvalue weighted by Crippen LogP contribution is 2.76. The molecule has 47 nitrogen and oxygen atoms in total. The molecule has 47 heteroatoms. The van der Waals surface area contributed by atoms with Crippen LogP contribution in [0.2, 0.25) is 0 Å². The van der Waals surface area contributed by atoms with Crippen LogP contribution >= 0.6 is 0 Å². The quantitative estimate of drug-likeness (QED) is 0.00922. The number of carbonyl (C=O) groups excluding carboxylic acids is 3. The summed E-state index contributed by atoms with van der Waals surface area (Å²) in [6.07, 6.45) is -64.9. The van der Waals surface area contributed by atoms with Crippen LogP contribution < -0.4 is 0 Å². The third-order valence-electron chi connectivity index (χ3n) is 33.6. The molecule has 0 aromatic carbocycles. The van der Waals surface area contributed by atoms with Crippen LogP contribution in [0.15, 0.2) is 60.3 Å². The Kier molecular flexibility index (Phi) is 37.0. The number of carbonyl (C=O) groups is 3. The highest BCUT2D eigenvalue weighted by atomic mass is 16.8. The SMILES string of the molecule is C=CC(C)(O)CC/C=C(\CO)C(=O)O[C@H]1[C@H](O)[C@@H](O)[C@H](O[C@@](C)(C=C)CC/C=C(\CO)C(=O)O[C@H]2C[C@]3(C(=O)O[C@@H]4O[C@H](CO)[C@@H](O)[C@H](O)[C@H]4O[C@@H]4O[C@@H](C)[C@H](O[C@H]5O[C@@H](CO)[C@H](O)[C@H]5O)[C@@H](O[C@@H]5O[C@H](CO)[C@@H](O)[C@H](O)[C@H]5O)[C@H]4O)[C@H](O)C[C@]4(C)C(=CC[C@@H]5[C@@]6(C)CC[C@H](O[C@@H]7O[C@H](CO[C@@H]8OC[C@H](O)[C@H](O)[C@H]8O)[C@@H](O)[C@H](O)[C@H]7O[C@@H]7O[C@H](CO)[C@@H](O)[C@H](O)[C@H]7O)C(C)(C)[C@@H]6CC[C@]54C)[C@@H]3CC2(C)C)O[C@@H]1C. The van der Waals surface area contributed by atoms with E-state index in [9.17, 15) is 138 Å². The van der Waals surface area contributed by atoms with Gasteiger partial charge in [-0.2, -0.15) is 0 Å². The van der Waals surface area contributed by atoms with Crippen molar-refractivity contribution in [3.05, 3.63) is 60.3 Å². The van der Waals surface area contributed by atoms with Crippen LogP contribution in [-0.4, -0.2) is 466 Å². The lowest BCUT2D eigenvalue weighted by atomic mass is 9.33. The largest absolute Gasteiger partial charge is 0.458 e. The lowest BCUT2D eigenvalue weighted by Gasteiger charge is -2.72. The number of allylic oxidation sites excluding steroid dienone is 4. The summed E-state index contributed by atoms with van der Waals surface area (Å²) in [5.74, 6) is -5.03. The predicted molar refractivity (Wildman–Crippen MR) is 479 cm³/mol. The second kappa shape index (κ2) is 45.8. The molecule has 12 fully saturated rings. The molecule has 8 heterocycles. The van der Waals surface area contributed by atoms with Gasteiger partial charge in [0, 0.05) is 11.8 Å². The molecular weight excluding hydrogens is 1910 g/mol. The van der Waals surface area contributed by atoms with Gasteiger partial charge < -0.3 is 218 Å².